The number of nitrogens with one attached hydrogen (secondary N) is 1. The van der Waals surface area contributed by atoms with Crippen LogP contribution in [0.3, 0.4) is 0 Å². The number of rotatable bonds is 4. The van der Waals surface area contributed by atoms with E-state index in [1.165, 1.54) is 12.1 Å². The highest BCUT2D eigenvalue weighted by Crippen LogP contribution is 2.36. The van der Waals surface area contributed by atoms with E-state index in [1.54, 1.807) is 26.0 Å². The lowest BCUT2D eigenvalue weighted by Crippen LogP contribution is -2.33. The van der Waals surface area contributed by atoms with Crippen molar-refractivity contribution in [1.82, 2.24) is 0 Å². The van der Waals surface area contributed by atoms with Gasteiger partial charge in [-0.1, -0.05) is 38.1 Å². The Balaban J connectivity index is 1.92. The fourth-order valence-electron chi connectivity index (χ4n) is 3.34. The molecule has 1 fully saturated rings. The average Bonchev–Trinajstić information content (AvgIpc) is 2.78. The quantitative estimate of drug-likeness (QED) is 0.847. The third-order valence-electron chi connectivity index (χ3n) is 4.76. The molecule has 2 amide bonds. The van der Waals surface area contributed by atoms with Crippen LogP contribution in [0.15, 0.2) is 48.5 Å². The molecule has 1 N–H and O–H groups in total. The summed E-state index contributed by atoms with van der Waals surface area (Å²) in [5.74, 6) is -0.872. The van der Waals surface area contributed by atoms with E-state index in [1.807, 2.05) is 38.1 Å². The van der Waals surface area contributed by atoms with Gasteiger partial charge < -0.3 is 5.32 Å². The lowest BCUT2D eigenvalue weighted by Gasteiger charge is -2.18. The maximum Gasteiger partial charge on any atom is 0.255 e. The zero-order valence-electron chi connectivity index (χ0n) is 16.4. The molecule has 2 aromatic rings. The van der Waals surface area contributed by atoms with Crippen LogP contribution >= 0.6 is 0 Å². The number of sulfonamides is 1. The Kier molecular flexibility index (Phi) is 5.06. The van der Waals surface area contributed by atoms with Crippen LogP contribution in [0.2, 0.25) is 0 Å². The van der Waals surface area contributed by atoms with Crippen molar-refractivity contribution in [2.45, 2.75) is 33.6 Å². The number of para-hydroxylation sites is 1. The maximum atomic E-state index is 12.8. The summed E-state index contributed by atoms with van der Waals surface area (Å²) in [5.41, 5.74) is 1.18. The number of benzene rings is 2. The Bertz CT molecular complexity index is 1040. The largest absolute Gasteiger partial charge is 0.322 e. The Morgan fingerprint density at radius 1 is 1.11 bits per heavy atom. The van der Waals surface area contributed by atoms with Crippen molar-refractivity contribution in [3.05, 3.63) is 59.7 Å². The molecular formula is C21H24N2O4S. The van der Waals surface area contributed by atoms with E-state index in [0.717, 1.165) is 9.87 Å². The van der Waals surface area contributed by atoms with Gasteiger partial charge in [-0.3, -0.25) is 9.59 Å². The molecule has 6 nitrogen and oxygen atoms in total. The van der Waals surface area contributed by atoms with Gasteiger partial charge in [0.15, 0.2) is 0 Å². The third-order valence-corrected chi connectivity index (χ3v) is 6.78. The zero-order chi connectivity index (χ0) is 20.7. The molecule has 0 bridgehead atoms. The van der Waals surface area contributed by atoms with E-state index in [0.29, 0.717) is 5.69 Å². The molecule has 0 atom stereocenters. The summed E-state index contributed by atoms with van der Waals surface area (Å²) in [6.45, 7) is 7.28. The maximum absolute atomic E-state index is 12.8. The van der Waals surface area contributed by atoms with Crippen molar-refractivity contribution in [2.75, 3.05) is 15.4 Å². The van der Waals surface area contributed by atoms with Crippen LogP contribution in [-0.2, 0) is 14.8 Å². The van der Waals surface area contributed by atoms with Gasteiger partial charge in [-0.25, -0.2) is 12.7 Å². The van der Waals surface area contributed by atoms with E-state index < -0.39 is 21.3 Å². The highest BCUT2D eigenvalue weighted by Gasteiger charge is 2.49. The molecule has 3 rings (SSSR count). The second-order valence-electron chi connectivity index (χ2n) is 7.96. The Morgan fingerprint density at radius 3 is 2.39 bits per heavy atom. The first-order valence-electron chi connectivity index (χ1n) is 9.11. The normalized spacial score (nSPS) is 17.8. The molecule has 0 aliphatic carbocycles. The molecular weight excluding hydrogens is 376 g/mol. The van der Waals surface area contributed by atoms with Crippen molar-refractivity contribution in [3.8, 4) is 0 Å². The van der Waals surface area contributed by atoms with Gasteiger partial charge in [0, 0.05) is 11.3 Å². The topological polar surface area (TPSA) is 83.6 Å². The molecule has 0 radical (unpaired) electrons. The molecule has 0 aromatic heterocycles. The minimum atomic E-state index is -3.76. The van der Waals surface area contributed by atoms with Crippen molar-refractivity contribution < 1.29 is 18.0 Å². The number of amides is 2. The fourth-order valence-corrected chi connectivity index (χ4v) is 5.44. The molecule has 1 aliphatic heterocycles. The molecule has 7 heteroatoms. The molecule has 2 aromatic carbocycles. The van der Waals surface area contributed by atoms with Crippen LogP contribution in [0.5, 0.6) is 0 Å². The first-order valence-corrected chi connectivity index (χ1v) is 10.7. The highest BCUT2D eigenvalue weighted by molar-refractivity contribution is 7.94. The van der Waals surface area contributed by atoms with Gasteiger partial charge in [0.25, 0.3) is 5.91 Å². The number of hydrogen-bond acceptors (Lipinski definition) is 4. The van der Waals surface area contributed by atoms with Crippen LogP contribution in [0.1, 0.15) is 49.5 Å². The summed E-state index contributed by atoms with van der Waals surface area (Å²) >= 11 is 0. The van der Waals surface area contributed by atoms with Crippen LogP contribution in [0, 0.1) is 5.41 Å². The van der Waals surface area contributed by atoms with Crippen LogP contribution < -0.4 is 9.62 Å². The number of nitrogens with zero attached hydrogens (tertiary/aromatic N) is 1. The van der Waals surface area contributed by atoms with E-state index in [2.05, 4.69) is 5.32 Å². The molecule has 1 aliphatic rings. The van der Waals surface area contributed by atoms with E-state index >= 15 is 0 Å². The van der Waals surface area contributed by atoms with Gasteiger partial charge >= 0.3 is 0 Å². The molecule has 148 valence electrons. The first kappa shape index (κ1) is 20.1. The molecule has 1 saturated heterocycles. The summed E-state index contributed by atoms with van der Waals surface area (Å²) in [6, 6.07) is 13.7. The Hall–Kier alpha value is -2.67. The summed E-state index contributed by atoms with van der Waals surface area (Å²) < 4.78 is 25.8. The van der Waals surface area contributed by atoms with Crippen molar-refractivity contribution in [3.63, 3.8) is 0 Å². The Morgan fingerprint density at radius 2 is 1.79 bits per heavy atom. The summed E-state index contributed by atoms with van der Waals surface area (Å²) in [6.07, 6.45) is 0. The molecule has 28 heavy (non-hydrogen) atoms. The van der Waals surface area contributed by atoms with Gasteiger partial charge in [-0.2, -0.15) is 0 Å². The molecule has 0 unspecified atom stereocenters. The van der Waals surface area contributed by atoms with Gasteiger partial charge in [-0.05, 0) is 49.6 Å². The van der Waals surface area contributed by atoms with Crippen molar-refractivity contribution in [2.24, 2.45) is 5.41 Å². The smallest absolute Gasteiger partial charge is 0.255 e. The fraction of sp³-hybridized carbons (Fsp3) is 0.333. The second kappa shape index (κ2) is 7.05. The molecule has 0 spiro atoms. The van der Waals surface area contributed by atoms with Crippen LogP contribution in [0.4, 0.5) is 11.4 Å². The average molecular weight is 401 g/mol. The standard InChI is InChI=1S/C21H24N2O4S/c1-14(2)17-10-5-6-11-18(17)22-19(24)15-8-7-9-16(12-15)23-20(25)21(3,4)13-28(23,26)27/h5-12,14H,13H2,1-4H3,(H,22,24). The minimum absolute atomic E-state index is 0.181. The van der Waals surface area contributed by atoms with Gasteiger partial charge in [0.1, 0.15) is 0 Å². The number of anilines is 2. The van der Waals surface area contributed by atoms with Crippen molar-refractivity contribution in [1.29, 1.82) is 0 Å². The van der Waals surface area contributed by atoms with Gasteiger partial charge in [-0.15, -0.1) is 0 Å². The van der Waals surface area contributed by atoms with E-state index in [9.17, 15) is 18.0 Å². The van der Waals surface area contributed by atoms with Gasteiger partial charge in [0.05, 0.1) is 16.9 Å². The number of carbonyl (C=O) groups is 2. The van der Waals surface area contributed by atoms with Crippen LogP contribution in [-0.4, -0.2) is 26.0 Å². The lowest BCUT2D eigenvalue weighted by atomic mass is 9.95. The monoisotopic (exact) mass is 400 g/mol. The number of carbonyl (C=O) groups excluding carboxylic acids is 2. The zero-order valence-corrected chi connectivity index (χ0v) is 17.2. The summed E-state index contributed by atoms with van der Waals surface area (Å²) in [4.78, 5) is 25.3. The predicted octanol–water partition coefficient (Wildman–Crippen LogP) is 3.76. The van der Waals surface area contributed by atoms with E-state index in [4.69, 9.17) is 0 Å². The Labute approximate surface area is 165 Å². The third kappa shape index (κ3) is 3.67. The number of hydrogen-bond donors (Lipinski definition) is 1. The highest BCUT2D eigenvalue weighted by atomic mass is 32.2. The predicted molar refractivity (Wildman–Crippen MR) is 110 cm³/mol. The minimum Gasteiger partial charge on any atom is -0.322 e. The molecule has 1 heterocycles. The van der Waals surface area contributed by atoms with Crippen molar-refractivity contribution >= 4 is 33.2 Å². The van der Waals surface area contributed by atoms with E-state index in [-0.39, 0.29) is 28.8 Å². The summed E-state index contributed by atoms with van der Waals surface area (Å²) in [7, 11) is -3.76. The SMILES string of the molecule is CC(C)c1ccccc1NC(=O)c1cccc(N2C(=O)C(C)(C)CS2(=O)=O)c1. The first-order chi connectivity index (χ1) is 13.0. The second-order valence-corrected chi connectivity index (χ2v) is 9.77. The lowest BCUT2D eigenvalue weighted by molar-refractivity contribution is -0.123. The molecule has 0 saturated carbocycles. The van der Waals surface area contributed by atoms with Crippen LogP contribution in [0.25, 0.3) is 0 Å². The summed E-state index contributed by atoms with van der Waals surface area (Å²) in [5, 5.41) is 2.88. The van der Waals surface area contributed by atoms with Gasteiger partial charge in [0.2, 0.25) is 15.9 Å².